The standard InChI is InChI=1S/C7H12O6.2C4H9.Sn/c8-4-6(10)12-2-1-3-13-7(11)5-9;2*1-3-4-2;/h8-9H,1-5H2;2*1,3-4H2,2H3;. The normalized spacial score (nSPS) is 9.64. The zero-order chi connectivity index (χ0) is 17.1. The van der Waals surface area contributed by atoms with Crippen molar-refractivity contribution in [3.8, 4) is 0 Å². The summed E-state index contributed by atoms with van der Waals surface area (Å²) in [6, 6.07) is 0. The maximum Gasteiger partial charge on any atom is 0.331 e. The Hall–Kier alpha value is -0.341. The Bertz CT molecular complexity index is 236. The van der Waals surface area contributed by atoms with Crippen LogP contribution in [0.3, 0.4) is 0 Å². The fourth-order valence-corrected chi connectivity index (χ4v) is 5.41. The molecular formula is C15H30O6Sn. The molecule has 0 aromatic rings. The molecule has 2 N–H and O–H groups in total. The molecule has 0 saturated heterocycles. The SMILES string of the molecule is CCC[CH2][Sn][CH2]CCC.O=C(CO)OCCCOC(=O)CO. The van der Waals surface area contributed by atoms with E-state index in [-0.39, 0.29) is 34.4 Å². The summed E-state index contributed by atoms with van der Waals surface area (Å²) in [6.45, 7) is 3.43. The molecule has 0 rings (SSSR count). The minimum atomic E-state index is -0.714. The number of aliphatic hydroxyl groups excluding tert-OH is 2. The third kappa shape index (κ3) is 21.9. The molecule has 0 bridgehead atoms. The van der Waals surface area contributed by atoms with Crippen LogP contribution in [0.5, 0.6) is 0 Å². The van der Waals surface area contributed by atoms with Gasteiger partial charge in [-0.05, 0) is 0 Å². The summed E-state index contributed by atoms with van der Waals surface area (Å²) in [5.74, 6) is -1.43. The maximum atomic E-state index is 10.3. The molecule has 6 nitrogen and oxygen atoms in total. The van der Waals surface area contributed by atoms with Crippen molar-refractivity contribution in [2.45, 2.75) is 54.8 Å². The number of ether oxygens (including phenoxy) is 2. The molecule has 130 valence electrons. The Balaban J connectivity index is 0. The molecule has 7 heteroatoms. The van der Waals surface area contributed by atoms with Crippen LogP contribution in [0.25, 0.3) is 0 Å². The van der Waals surface area contributed by atoms with Crippen molar-refractivity contribution < 1.29 is 29.3 Å². The monoisotopic (exact) mass is 426 g/mol. The Labute approximate surface area is 143 Å². The van der Waals surface area contributed by atoms with Crippen LogP contribution in [0.2, 0.25) is 8.87 Å². The molecule has 0 aliphatic rings. The quantitative estimate of drug-likeness (QED) is 0.280. The van der Waals surface area contributed by atoms with Gasteiger partial charge in [-0.1, -0.05) is 0 Å². The van der Waals surface area contributed by atoms with E-state index in [0.29, 0.717) is 6.42 Å². The average Bonchev–Trinajstić information content (AvgIpc) is 2.54. The van der Waals surface area contributed by atoms with Crippen molar-refractivity contribution in [1.82, 2.24) is 0 Å². The number of esters is 2. The van der Waals surface area contributed by atoms with E-state index < -0.39 is 25.2 Å². The first kappa shape index (κ1) is 23.9. The Kier molecular flexibility index (Phi) is 22.5. The molecule has 0 aliphatic carbocycles. The van der Waals surface area contributed by atoms with Crippen LogP contribution in [0.4, 0.5) is 0 Å². The van der Waals surface area contributed by atoms with Crippen molar-refractivity contribution in [2.75, 3.05) is 26.4 Å². The minimum Gasteiger partial charge on any atom is -0.464 e. The van der Waals surface area contributed by atoms with E-state index in [1.165, 1.54) is 25.7 Å². The average molecular weight is 425 g/mol. The summed E-state index contributed by atoms with van der Waals surface area (Å²) in [4.78, 5) is 20.7. The van der Waals surface area contributed by atoms with Crippen molar-refractivity contribution in [3.05, 3.63) is 0 Å². The van der Waals surface area contributed by atoms with Gasteiger partial charge in [-0.2, -0.15) is 0 Å². The van der Waals surface area contributed by atoms with E-state index in [2.05, 4.69) is 23.3 Å². The predicted octanol–water partition coefficient (Wildman–Crippen LogP) is 1.57. The van der Waals surface area contributed by atoms with E-state index in [1.807, 2.05) is 0 Å². The van der Waals surface area contributed by atoms with Crippen LogP contribution >= 0.6 is 0 Å². The molecule has 0 atom stereocenters. The number of carbonyl (C=O) groups excluding carboxylic acids is 2. The molecule has 0 fully saturated rings. The van der Waals surface area contributed by atoms with E-state index in [4.69, 9.17) is 10.2 Å². The molecule has 0 heterocycles. The first-order valence-electron chi connectivity index (χ1n) is 7.85. The van der Waals surface area contributed by atoms with Crippen LogP contribution in [-0.4, -0.2) is 69.7 Å². The fourth-order valence-electron chi connectivity index (χ4n) is 1.25. The van der Waals surface area contributed by atoms with Crippen LogP contribution in [-0.2, 0) is 19.1 Å². The summed E-state index contributed by atoms with van der Waals surface area (Å²) >= 11 is 0.149. The van der Waals surface area contributed by atoms with Gasteiger partial charge in [0.15, 0.2) is 0 Å². The molecule has 0 aromatic heterocycles. The van der Waals surface area contributed by atoms with Crippen molar-refractivity contribution >= 4 is 33.1 Å². The summed E-state index contributed by atoms with van der Waals surface area (Å²) in [5, 5.41) is 16.4. The minimum absolute atomic E-state index is 0.0815. The Morgan fingerprint density at radius 3 is 1.55 bits per heavy atom. The number of carbonyl (C=O) groups is 2. The third-order valence-corrected chi connectivity index (χ3v) is 6.52. The fraction of sp³-hybridized carbons (Fsp3) is 0.867. The zero-order valence-corrected chi connectivity index (χ0v) is 16.7. The van der Waals surface area contributed by atoms with Crippen molar-refractivity contribution in [2.24, 2.45) is 0 Å². The number of rotatable bonds is 12. The second-order valence-electron chi connectivity index (χ2n) is 4.57. The van der Waals surface area contributed by atoms with Gasteiger partial charge in [-0.25, -0.2) is 9.59 Å². The number of hydrogen-bond donors (Lipinski definition) is 2. The van der Waals surface area contributed by atoms with Gasteiger partial charge in [0.1, 0.15) is 13.2 Å². The Morgan fingerprint density at radius 1 is 0.818 bits per heavy atom. The maximum absolute atomic E-state index is 10.3. The first-order valence-corrected chi connectivity index (χ1v) is 11.9. The van der Waals surface area contributed by atoms with Gasteiger partial charge < -0.3 is 19.7 Å². The van der Waals surface area contributed by atoms with Crippen LogP contribution in [0.1, 0.15) is 46.0 Å². The summed E-state index contributed by atoms with van der Waals surface area (Å²) in [6.07, 6.45) is 6.18. The van der Waals surface area contributed by atoms with Gasteiger partial charge in [-0.3, -0.25) is 0 Å². The van der Waals surface area contributed by atoms with Gasteiger partial charge in [0.05, 0.1) is 13.2 Å². The zero-order valence-electron chi connectivity index (χ0n) is 13.8. The number of hydrogen-bond acceptors (Lipinski definition) is 6. The molecule has 0 amide bonds. The Morgan fingerprint density at radius 2 is 1.23 bits per heavy atom. The molecule has 0 aromatic carbocycles. The van der Waals surface area contributed by atoms with Gasteiger partial charge in [0, 0.05) is 6.42 Å². The predicted molar refractivity (Wildman–Crippen MR) is 85.9 cm³/mol. The molecule has 0 saturated carbocycles. The molecule has 2 radical (unpaired) electrons. The van der Waals surface area contributed by atoms with Crippen LogP contribution < -0.4 is 0 Å². The van der Waals surface area contributed by atoms with E-state index in [9.17, 15) is 9.59 Å². The first-order chi connectivity index (χ1) is 10.6. The topological polar surface area (TPSA) is 93.1 Å². The van der Waals surface area contributed by atoms with Gasteiger partial charge in [0.25, 0.3) is 0 Å². The molecule has 0 spiro atoms. The second kappa shape index (κ2) is 20.7. The molecule has 0 unspecified atom stereocenters. The molecule has 0 aliphatic heterocycles. The van der Waals surface area contributed by atoms with E-state index in [0.717, 1.165) is 0 Å². The number of aliphatic hydroxyl groups is 2. The summed E-state index contributed by atoms with van der Waals surface area (Å²) in [7, 11) is 0. The van der Waals surface area contributed by atoms with Crippen LogP contribution in [0.15, 0.2) is 0 Å². The van der Waals surface area contributed by atoms with Crippen molar-refractivity contribution in [3.63, 3.8) is 0 Å². The van der Waals surface area contributed by atoms with Crippen LogP contribution in [0, 0.1) is 0 Å². The van der Waals surface area contributed by atoms with Gasteiger partial charge in [-0.15, -0.1) is 0 Å². The third-order valence-electron chi connectivity index (χ3n) is 2.49. The van der Waals surface area contributed by atoms with Crippen molar-refractivity contribution in [1.29, 1.82) is 0 Å². The second-order valence-corrected chi connectivity index (χ2v) is 8.85. The van der Waals surface area contributed by atoms with Gasteiger partial charge >= 0.3 is 81.5 Å². The summed E-state index contributed by atoms with van der Waals surface area (Å²) < 4.78 is 12.2. The smallest absolute Gasteiger partial charge is 0.331 e. The molecular weight excluding hydrogens is 395 g/mol. The van der Waals surface area contributed by atoms with E-state index in [1.54, 1.807) is 8.87 Å². The summed E-state index contributed by atoms with van der Waals surface area (Å²) in [5.41, 5.74) is 0. The molecule has 22 heavy (non-hydrogen) atoms. The van der Waals surface area contributed by atoms with E-state index >= 15 is 0 Å². The van der Waals surface area contributed by atoms with Gasteiger partial charge in [0.2, 0.25) is 0 Å². The number of unbranched alkanes of at least 4 members (excludes halogenated alkanes) is 2. The largest absolute Gasteiger partial charge is 0.464 e.